The number of aromatic nitrogens is 1. The first-order valence-electron chi connectivity index (χ1n) is 7.57. The maximum absolute atomic E-state index is 9.32. The number of hydrogen-bond donors (Lipinski definition) is 1. The quantitative estimate of drug-likeness (QED) is 0.736. The summed E-state index contributed by atoms with van der Waals surface area (Å²) in [5.74, 6) is 0.866. The van der Waals surface area contributed by atoms with Crippen LogP contribution in [0.4, 0.5) is 5.88 Å². The Morgan fingerprint density at radius 3 is 2.71 bits per heavy atom. The van der Waals surface area contributed by atoms with Crippen LogP contribution in [0.5, 0.6) is 0 Å². The van der Waals surface area contributed by atoms with Crippen LogP contribution in [0.2, 0.25) is 0 Å². The maximum Gasteiger partial charge on any atom is 0.232 e. The van der Waals surface area contributed by atoms with E-state index in [1.807, 2.05) is 44.4 Å². The van der Waals surface area contributed by atoms with Crippen molar-refractivity contribution in [1.82, 2.24) is 9.88 Å². The molecule has 2 aromatic heterocycles. The van der Waals surface area contributed by atoms with E-state index < -0.39 is 0 Å². The van der Waals surface area contributed by atoms with Gasteiger partial charge in [-0.05, 0) is 48.6 Å². The second-order valence-corrected chi connectivity index (χ2v) is 6.37. The van der Waals surface area contributed by atoms with E-state index in [0.717, 1.165) is 5.56 Å². The van der Waals surface area contributed by atoms with Crippen LogP contribution in [-0.4, -0.2) is 30.5 Å². The molecule has 0 unspecified atom stereocenters. The van der Waals surface area contributed by atoms with Crippen LogP contribution in [-0.2, 0) is 0 Å². The number of hydrogen-bond acceptors (Lipinski definition) is 6. The number of likely N-dealkylation sites (N-methyl/N-ethyl adjacent to an activating group) is 1. The molecule has 5 nitrogen and oxygen atoms in total. The molecule has 0 saturated heterocycles. The standard InChI is InChI=1S/C18H18N4OS/c1-22(2)16(14-8-9-24-12-14)11-20-18-15(10-19)21-17(23-18)13-6-4-3-5-7-13/h3-9,12,16,20H,11H2,1-2H3/t16-/m0/s1. The van der Waals surface area contributed by atoms with Crippen molar-refractivity contribution in [3.05, 3.63) is 58.4 Å². The minimum atomic E-state index is 0.188. The number of thiophene rings is 1. The summed E-state index contributed by atoms with van der Waals surface area (Å²) in [6, 6.07) is 14.0. The van der Waals surface area contributed by atoms with Gasteiger partial charge in [-0.1, -0.05) is 18.2 Å². The van der Waals surface area contributed by atoms with Crippen LogP contribution in [0.15, 0.2) is 51.6 Å². The number of nitrogens with zero attached hydrogens (tertiary/aromatic N) is 3. The van der Waals surface area contributed by atoms with Gasteiger partial charge in [-0.15, -0.1) is 0 Å². The van der Waals surface area contributed by atoms with Gasteiger partial charge in [-0.3, -0.25) is 0 Å². The second kappa shape index (κ2) is 7.30. The number of nitriles is 1. The lowest BCUT2D eigenvalue weighted by atomic mass is 10.1. The Hall–Kier alpha value is -2.62. The predicted molar refractivity (Wildman–Crippen MR) is 95.9 cm³/mol. The van der Waals surface area contributed by atoms with Gasteiger partial charge in [0.25, 0.3) is 0 Å². The molecule has 122 valence electrons. The number of nitrogens with one attached hydrogen (secondary N) is 1. The predicted octanol–water partition coefficient (Wildman–Crippen LogP) is 3.99. The third-order valence-corrected chi connectivity index (χ3v) is 4.46. The van der Waals surface area contributed by atoms with Crippen LogP contribution in [0.1, 0.15) is 17.3 Å². The molecular formula is C18H18N4OS. The zero-order valence-electron chi connectivity index (χ0n) is 13.6. The van der Waals surface area contributed by atoms with Crippen molar-refractivity contribution in [1.29, 1.82) is 5.26 Å². The van der Waals surface area contributed by atoms with Crippen molar-refractivity contribution >= 4 is 17.2 Å². The van der Waals surface area contributed by atoms with Crippen LogP contribution in [0.25, 0.3) is 11.5 Å². The van der Waals surface area contributed by atoms with Crippen molar-refractivity contribution in [2.45, 2.75) is 6.04 Å². The summed E-state index contributed by atoms with van der Waals surface area (Å²) in [5.41, 5.74) is 2.36. The van der Waals surface area contributed by atoms with Gasteiger partial charge in [0.15, 0.2) is 0 Å². The SMILES string of the molecule is CN(C)[C@@H](CNc1oc(-c2ccccc2)nc1C#N)c1ccsc1. The van der Waals surface area contributed by atoms with E-state index in [0.29, 0.717) is 18.3 Å². The highest BCUT2D eigenvalue weighted by molar-refractivity contribution is 7.07. The van der Waals surface area contributed by atoms with Gasteiger partial charge in [0.05, 0.1) is 6.04 Å². The molecule has 0 fully saturated rings. The van der Waals surface area contributed by atoms with E-state index in [4.69, 9.17) is 4.42 Å². The van der Waals surface area contributed by atoms with Gasteiger partial charge in [-0.2, -0.15) is 21.6 Å². The minimum absolute atomic E-state index is 0.188. The fourth-order valence-electron chi connectivity index (χ4n) is 2.47. The van der Waals surface area contributed by atoms with Crippen LogP contribution in [0, 0.1) is 11.3 Å². The van der Waals surface area contributed by atoms with E-state index in [1.54, 1.807) is 11.3 Å². The number of anilines is 1. The van der Waals surface area contributed by atoms with Gasteiger partial charge >= 0.3 is 0 Å². The molecule has 0 aliphatic rings. The molecule has 1 N–H and O–H groups in total. The highest BCUT2D eigenvalue weighted by Gasteiger charge is 2.18. The molecule has 3 aromatic rings. The summed E-state index contributed by atoms with van der Waals surface area (Å²) >= 11 is 1.67. The third-order valence-electron chi connectivity index (χ3n) is 3.76. The normalized spacial score (nSPS) is 12.1. The Labute approximate surface area is 145 Å². The molecule has 1 atom stereocenters. The fourth-order valence-corrected chi connectivity index (χ4v) is 3.18. The van der Waals surface area contributed by atoms with Crippen LogP contribution < -0.4 is 5.32 Å². The molecule has 0 saturated carbocycles. The van der Waals surface area contributed by atoms with Crippen molar-refractivity contribution in [3.8, 4) is 17.5 Å². The molecule has 1 aromatic carbocycles. The Balaban J connectivity index is 1.80. The largest absolute Gasteiger partial charge is 0.419 e. The topological polar surface area (TPSA) is 65.1 Å². The average molecular weight is 338 g/mol. The summed E-state index contributed by atoms with van der Waals surface area (Å²) in [5, 5.41) is 16.7. The van der Waals surface area contributed by atoms with Gasteiger partial charge in [0.2, 0.25) is 17.5 Å². The van der Waals surface area contributed by atoms with E-state index in [2.05, 4.69) is 38.1 Å². The Morgan fingerprint density at radius 2 is 2.08 bits per heavy atom. The van der Waals surface area contributed by atoms with Crippen molar-refractivity contribution in [2.75, 3.05) is 26.0 Å². The van der Waals surface area contributed by atoms with E-state index in [-0.39, 0.29) is 11.7 Å². The molecule has 3 rings (SSSR count). The molecule has 0 spiro atoms. The first-order valence-corrected chi connectivity index (χ1v) is 8.52. The number of benzene rings is 1. The van der Waals surface area contributed by atoms with Crippen molar-refractivity contribution < 1.29 is 4.42 Å². The molecule has 0 aliphatic heterocycles. The fraction of sp³-hybridized carbons (Fsp3) is 0.222. The second-order valence-electron chi connectivity index (χ2n) is 5.59. The highest BCUT2D eigenvalue weighted by atomic mass is 32.1. The first-order chi connectivity index (χ1) is 11.7. The lowest BCUT2D eigenvalue weighted by Gasteiger charge is -2.23. The monoisotopic (exact) mass is 338 g/mol. The average Bonchev–Trinajstić information content (AvgIpc) is 3.25. The van der Waals surface area contributed by atoms with Crippen LogP contribution >= 0.6 is 11.3 Å². The molecule has 6 heteroatoms. The molecule has 2 heterocycles. The van der Waals surface area contributed by atoms with Crippen LogP contribution in [0.3, 0.4) is 0 Å². The van der Waals surface area contributed by atoms with E-state index >= 15 is 0 Å². The molecular weight excluding hydrogens is 320 g/mol. The molecule has 0 bridgehead atoms. The summed E-state index contributed by atoms with van der Waals surface area (Å²) in [6.07, 6.45) is 0. The maximum atomic E-state index is 9.32. The Kier molecular flexibility index (Phi) is 4.94. The smallest absolute Gasteiger partial charge is 0.232 e. The molecule has 0 amide bonds. The minimum Gasteiger partial charge on any atom is -0.419 e. The molecule has 0 radical (unpaired) electrons. The zero-order valence-corrected chi connectivity index (χ0v) is 14.4. The molecule has 24 heavy (non-hydrogen) atoms. The molecule has 0 aliphatic carbocycles. The lowest BCUT2D eigenvalue weighted by molar-refractivity contribution is 0.311. The van der Waals surface area contributed by atoms with Gasteiger partial charge in [0.1, 0.15) is 6.07 Å². The Morgan fingerprint density at radius 1 is 1.29 bits per heavy atom. The first kappa shape index (κ1) is 16.2. The van der Waals surface area contributed by atoms with E-state index in [9.17, 15) is 5.26 Å². The van der Waals surface area contributed by atoms with Crippen molar-refractivity contribution in [3.63, 3.8) is 0 Å². The van der Waals surface area contributed by atoms with Gasteiger partial charge < -0.3 is 14.6 Å². The zero-order chi connectivity index (χ0) is 16.9. The summed E-state index contributed by atoms with van der Waals surface area (Å²) in [6.45, 7) is 0.627. The summed E-state index contributed by atoms with van der Waals surface area (Å²) in [4.78, 5) is 6.42. The lowest BCUT2D eigenvalue weighted by Crippen LogP contribution is -2.26. The third kappa shape index (κ3) is 3.48. The van der Waals surface area contributed by atoms with E-state index in [1.165, 1.54) is 5.56 Å². The van der Waals surface area contributed by atoms with Crippen molar-refractivity contribution in [2.24, 2.45) is 0 Å². The number of rotatable bonds is 6. The summed E-state index contributed by atoms with van der Waals surface area (Å²) in [7, 11) is 4.07. The number of oxazole rings is 1. The van der Waals surface area contributed by atoms with Gasteiger partial charge in [-0.25, -0.2) is 0 Å². The Bertz CT molecular complexity index is 819. The summed E-state index contributed by atoms with van der Waals surface area (Å²) < 4.78 is 5.78. The van der Waals surface area contributed by atoms with Gasteiger partial charge in [0, 0.05) is 12.1 Å². The highest BCUT2D eigenvalue weighted by Crippen LogP contribution is 2.27.